The van der Waals surface area contributed by atoms with E-state index in [1.54, 1.807) is 6.07 Å². The van der Waals surface area contributed by atoms with E-state index < -0.39 is 0 Å². The van der Waals surface area contributed by atoms with Gasteiger partial charge in [-0.3, -0.25) is 5.73 Å². The topological polar surface area (TPSA) is 36.7 Å². The molecule has 0 bridgehead atoms. The molecule has 0 saturated heterocycles. The van der Waals surface area contributed by atoms with Gasteiger partial charge < -0.3 is 0 Å². The molecule has 0 atom stereocenters. The number of hydrogen-bond donors (Lipinski definition) is 0. The number of rotatable bonds is 0. The molecular formula is C4H5N2S. The summed E-state index contributed by atoms with van der Waals surface area (Å²) in [5.74, 6) is 0. The van der Waals surface area contributed by atoms with Crippen molar-refractivity contribution in [3.8, 4) is 0 Å². The normalized spacial score (nSPS) is 9.29. The maximum atomic E-state index is 6.97. The molecule has 0 aliphatic carbocycles. The van der Waals surface area contributed by atoms with Crippen LogP contribution in [0.5, 0.6) is 0 Å². The molecule has 1 rings (SSSR count). The molecule has 0 aliphatic heterocycles. The summed E-state index contributed by atoms with van der Waals surface area (Å²) < 4.78 is 3.87. The van der Waals surface area contributed by atoms with E-state index in [-0.39, 0.29) is 0 Å². The zero-order chi connectivity index (χ0) is 5.28. The number of nitrogens with zero attached hydrogens (tertiary/aromatic N) is 1. The minimum absolute atomic E-state index is 0.539. The summed E-state index contributed by atoms with van der Waals surface area (Å²) in [6.07, 6.45) is 0. The van der Waals surface area contributed by atoms with E-state index in [4.69, 9.17) is 5.73 Å². The molecule has 1 heterocycles. The van der Waals surface area contributed by atoms with Gasteiger partial charge in [-0.2, -0.15) is 4.37 Å². The van der Waals surface area contributed by atoms with Gasteiger partial charge in [0.25, 0.3) is 0 Å². The molecule has 1 N–H and O–H groups in total. The van der Waals surface area contributed by atoms with Crippen LogP contribution in [0.1, 0.15) is 5.69 Å². The summed E-state index contributed by atoms with van der Waals surface area (Å²) in [5, 5.41) is 0.539. The summed E-state index contributed by atoms with van der Waals surface area (Å²) >= 11 is 1.22. The second-order valence-corrected chi connectivity index (χ2v) is 2.14. The summed E-state index contributed by atoms with van der Waals surface area (Å²) in [6, 6.07) is 1.74. The van der Waals surface area contributed by atoms with Crippen LogP contribution in [-0.2, 0) is 0 Å². The van der Waals surface area contributed by atoms with Gasteiger partial charge in [-0.1, -0.05) is 0 Å². The molecule has 0 aliphatic rings. The summed E-state index contributed by atoms with van der Waals surface area (Å²) in [7, 11) is 0. The number of hydrogen-bond acceptors (Lipinski definition) is 2. The Morgan fingerprint density at radius 3 is 2.71 bits per heavy atom. The molecule has 0 unspecified atom stereocenters. The first-order valence-corrected chi connectivity index (χ1v) is 2.71. The first-order valence-electron chi connectivity index (χ1n) is 1.94. The van der Waals surface area contributed by atoms with Crippen molar-refractivity contribution >= 4 is 16.5 Å². The van der Waals surface area contributed by atoms with Crippen molar-refractivity contribution in [2.24, 2.45) is 0 Å². The van der Waals surface area contributed by atoms with Crippen LogP contribution < -0.4 is 5.73 Å². The Morgan fingerprint density at radius 2 is 2.57 bits per heavy atom. The van der Waals surface area contributed by atoms with E-state index in [1.165, 1.54) is 11.5 Å². The predicted octanol–water partition coefficient (Wildman–Crippen LogP) is 1.37. The Bertz CT molecular complexity index is 142. The van der Waals surface area contributed by atoms with Crippen molar-refractivity contribution in [1.82, 2.24) is 10.1 Å². The summed E-state index contributed by atoms with van der Waals surface area (Å²) in [5.41, 5.74) is 7.91. The van der Waals surface area contributed by atoms with Crippen molar-refractivity contribution in [2.75, 3.05) is 0 Å². The van der Waals surface area contributed by atoms with E-state index in [9.17, 15) is 0 Å². The Morgan fingerprint density at radius 1 is 1.86 bits per heavy atom. The average molecular weight is 113 g/mol. The number of aromatic nitrogens is 1. The number of nitrogens with one attached hydrogen (secondary N) is 1. The lowest BCUT2D eigenvalue weighted by atomic mass is 10.5. The van der Waals surface area contributed by atoms with Crippen LogP contribution in [0, 0.1) is 6.92 Å². The van der Waals surface area contributed by atoms with Gasteiger partial charge in [0.15, 0.2) is 0 Å². The Hall–Kier alpha value is -0.570. The number of aryl methyl sites for hydroxylation is 1. The Kier molecular flexibility index (Phi) is 0.982. The molecule has 0 fully saturated rings. The van der Waals surface area contributed by atoms with Gasteiger partial charge in [0.05, 0.1) is 5.69 Å². The standard InChI is InChI=1S/C4H5N2S/c1-3-2-4(5)7-6-3/h2,5H,1H3. The molecule has 1 aromatic heterocycles. The van der Waals surface area contributed by atoms with Crippen molar-refractivity contribution in [3.63, 3.8) is 0 Å². The molecule has 37 valence electrons. The fourth-order valence-corrected chi connectivity index (χ4v) is 0.882. The molecule has 7 heavy (non-hydrogen) atoms. The zero-order valence-electron chi connectivity index (χ0n) is 3.93. The van der Waals surface area contributed by atoms with E-state index in [1.807, 2.05) is 6.92 Å². The molecule has 0 aromatic carbocycles. The van der Waals surface area contributed by atoms with Crippen LogP contribution in [0.3, 0.4) is 0 Å². The second kappa shape index (κ2) is 1.50. The predicted molar refractivity (Wildman–Crippen MR) is 29.6 cm³/mol. The van der Waals surface area contributed by atoms with E-state index >= 15 is 0 Å². The van der Waals surface area contributed by atoms with E-state index in [0.717, 1.165) is 5.69 Å². The van der Waals surface area contributed by atoms with Crippen molar-refractivity contribution in [1.29, 1.82) is 0 Å². The average Bonchev–Trinajstić information content (AvgIpc) is 1.87. The van der Waals surface area contributed by atoms with Gasteiger partial charge in [-0.05, 0) is 24.5 Å². The van der Waals surface area contributed by atoms with Gasteiger partial charge in [0.2, 0.25) is 0 Å². The van der Waals surface area contributed by atoms with Gasteiger partial charge in [-0.25, -0.2) is 0 Å². The SMILES string of the molecule is Cc1cc([NH])sn1. The maximum Gasteiger partial charge on any atom is 0.128 e. The Labute approximate surface area is 46.1 Å². The molecule has 2 nitrogen and oxygen atoms in total. The van der Waals surface area contributed by atoms with Gasteiger partial charge in [-0.15, -0.1) is 0 Å². The fraction of sp³-hybridized carbons (Fsp3) is 0.250. The highest BCUT2D eigenvalue weighted by molar-refractivity contribution is 7.09. The largest absolute Gasteiger partial charge is 0.289 e. The molecule has 0 spiro atoms. The van der Waals surface area contributed by atoms with Crippen LogP contribution in [0.25, 0.3) is 0 Å². The van der Waals surface area contributed by atoms with Gasteiger partial charge in [0, 0.05) is 0 Å². The van der Waals surface area contributed by atoms with Crippen LogP contribution in [0.4, 0.5) is 5.00 Å². The monoisotopic (exact) mass is 113 g/mol. The smallest absolute Gasteiger partial charge is 0.128 e. The van der Waals surface area contributed by atoms with E-state index in [2.05, 4.69) is 4.37 Å². The highest BCUT2D eigenvalue weighted by Gasteiger charge is 1.88. The lowest BCUT2D eigenvalue weighted by Crippen LogP contribution is -1.58. The molecule has 0 saturated carbocycles. The van der Waals surface area contributed by atoms with Crippen molar-refractivity contribution in [2.45, 2.75) is 6.92 Å². The fourth-order valence-electron chi connectivity index (χ4n) is 0.364. The quantitative estimate of drug-likeness (QED) is 0.500. The van der Waals surface area contributed by atoms with Crippen LogP contribution in [0.15, 0.2) is 6.07 Å². The van der Waals surface area contributed by atoms with Crippen molar-refractivity contribution in [3.05, 3.63) is 11.8 Å². The molecular weight excluding hydrogens is 108 g/mol. The highest BCUT2D eigenvalue weighted by atomic mass is 32.1. The van der Waals surface area contributed by atoms with Crippen LogP contribution in [0.2, 0.25) is 0 Å². The second-order valence-electron chi connectivity index (χ2n) is 1.33. The van der Waals surface area contributed by atoms with Gasteiger partial charge in [0.1, 0.15) is 5.00 Å². The lowest BCUT2D eigenvalue weighted by Gasteiger charge is -1.66. The third kappa shape index (κ3) is 0.899. The van der Waals surface area contributed by atoms with Crippen LogP contribution in [-0.4, -0.2) is 4.37 Å². The molecule has 1 aromatic rings. The van der Waals surface area contributed by atoms with Crippen LogP contribution >= 0.6 is 11.5 Å². The highest BCUT2D eigenvalue weighted by Crippen LogP contribution is 2.10. The third-order valence-corrected chi connectivity index (χ3v) is 1.32. The van der Waals surface area contributed by atoms with Crippen molar-refractivity contribution < 1.29 is 0 Å². The summed E-state index contributed by atoms with van der Waals surface area (Å²) in [6.45, 7) is 1.88. The zero-order valence-corrected chi connectivity index (χ0v) is 4.75. The molecule has 1 radical (unpaired) electrons. The Balaban J connectivity index is 3.04. The minimum atomic E-state index is 0.539. The maximum absolute atomic E-state index is 6.97. The van der Waals surface area contributed by atoms with E-state index in [0.29, 0.717) is 5.00 Å². The summed E-state index contributed by atoms with van der Waals surface area (Å²) in [4.78, 5) is 0. The molecule has 3 heteroatoms. The first-order chi connectivity index (χ1) is 3.29. The first kappa shape index (κ1) is 4.59. The lowest BCUT2D eigenvalue weighted by molar-refractivity contribution is 1.34. The third-order valence-electron chi connectivity index (χ3n) is 0.628. The van der Waals surface area contributed by atoms with Gasteiger partial charge >= 0.3 is 0 Å². The minimum Gasteiger partial charge on any atom is -0.289 e. The molecule has 0 amide bonds.